The van der Waals surface area contributed by atoms with E-state index in [1.165, 1.54) is 5.57 Å². The predicted octanol–water partition coefficient (Wildman–Crippen LogP) is 11.0. The lowest BCUT2D eigenvalue weighted by Crippen LogP contribution is -1.96. The SMILES string of the molecule is C=C\C=C(/C=C(C)/C(=C/C=C1/C=CC(/C=C\C(=N/C)c2ccccc2)=CC1)N=C)C/C=C\c1ccc2ccc(-c3ccccc3)nc2c1N. The number of hydrogen-bond acceptors (Lipinski definition) is 4. The van der Waals surface area contributed by atoms with Gasteiger partial charge in [-0.25, -0.2) is 4.98 Å². The number of fused-ring (bicyclic) bond motifs is 1. The largest absolute Gasteiger partial charge is 0.396 e. The van der Waals surface area contributed by atoms with E-state index in [1.807, 2.05) is 67.7 Å². The van der Waals surface area contributed by atoms with Crippen LogP contribution in [0.2, 0.25) is 0 Å². The standard InChI is InChI=1S/C45H42N4/c1-5-13-36(14-12-19-39-26-27-40-28-31-43(49-45(40)44(39)46)38-17-10-7-11-18-38)32-33(2)41(47-3)29-24-34-20-22-35(23-21-34)25-30-42(48-4)37-15-8-6-9-16-37/h5-13,15-20,22-32H,1,3,14,21,46H2,2,4H3/b19-12-,30-25-,33-32+,34-24-,36-13-,41-29-,48-42+. The van der Waals surface area contributed by atoms with E-state index < -0.39 is 0 Å². The van der Waals surface area contributed by atoms with Crippen molar-refractivity contribution in [2.45, 2.75) is 19.8 Å². The van der Waals surface area contributed by atoms with Gasteiger partial charge in [0.2, 0.25) is 0 Å². The summed E-state index contributed by atoms with van der Waals surface area (Å²) in [5, 5.41) is 1.02. The first-order chi connectivity index (χ1) is 24.0. The molecule has 1 heterocycles. The van der Waals surface area contributed by atoms with Crippen LogP contribution in [-0.4, -0.2) is 24.5 Å². The van der Waals surface area contributed by atoms with E-state index >= 15 is 0 Å². The summed E-state index contributed by atoms with van der Waals surface area (Å²) in [5.74, 6) is 0. The van der Waals surface area contributed by atoms with E-state index in [1.54, 1.807) is 6.08 Å². The Kier molecular flexibility index (Phi) is 12.0. The fourth-order valence-electron chi connectivity index (χ4n) is 5.54. The molecule has 1 aliphatic carbocycles. The molecule has 0 saturated carbocycles. The van der Waals surface area contributed by atoms with E-state index in [-0.39, 0.29) is 0 Å². The fourth-order valence-corrected chi connectivity index (χ4v) is 5.54. The maximum absolute atomic E-state index is 6.63. The molecular weight excluding hydrogens is 597 g/mol. The number of nitrogen functional groups attached to an aromatic ring is 1. The third kappa shape index (κ3) is 9.24. The second-order valence-electron chi connectivity index (χ2n) is 11.6. The van der Waals surface area contributed by atoms with Crippen molar-refractivity contribution in [3.05, 3.63) is 197 Å². The van der Waals surface area contributed by atoms with Crippen LogP contribution in [0, 0.1) is 0 Å². The lowest BCUT2D eigenvalue weighted by molar-refractivity contribution is 1.22. The van der Waals surface area contributed by atoms with E-state index in [4.69, 9.17) is 10.7 Å². The van der Waals surface area contributed by atoms with Crippen molar-refractivity contribution in [1.82, 2.24) is 4.98 Å². The van der Waals surface area contributed by atoms with Gasteiger partial charge in [-0.1, -0.05) is 146 Å². The van der Waals surface area contributed by atoms with Crippen LogP contribution < -0.4 is 5.73 Å². The Morgan fingerprint density at radius 1 is 0.918 bits per heavy atom. The quantitative estimate of drug-likeness (QED) is 0.0953. The highest BCUT2D eigenvalue weighted by Crippen LogP contribution is 2.28. The zero-order valence-corrected chi connectivity index (χ0v) is 28.3. The maximum atomic E-state index is 6.63. The van der Waals surface area contributed by atoms with Crippen molar-refractivity contribution in [3.63, 3.8) is 0 Å². The molecule has 1 aromatic heterocycles. The van der Waals surface area contributed by atoms with Crippen LogP contribution >= 0.6 is 0 Å². The number of allylic oxidation sites excluding steroid dienone is 15. The molecule has 2 N–H and O–H groups in total. The fraction of sp³-hybridized carbons (Fsp3) is 0.0889. The molecule has 4 heteroatoms. The van der Waals surface area contributed by atoms with Gasteiger partial charge in [0.05, 0.1) is 28.3 Å². The maximum Gasteiger partial charge on any atom is 0.0944 e. The third-order valence-electron chi connectivity index (χ3n) is 8.23. The van der Waals surface area contributed by atoms with Gasteiger partial charge in [0.1, 0.15) is 0 Å². The molecule has 0 fully saturated rings. The van der Waals surface area contributed by atoms with Crippen molar-refractivity contribution in [1.29, 1.82) is 0 Å². The lowest BCUT2D eigenvalue weighted by atomic mass is 10.00. The Labute approximate surface area is 290 Å². The number of pyridine rings is 1. The van der Waals surface area contributed by atoms with Gasteiger partial charge in [0.25, 0.3) is 0 Å². The van der Waals surface area contributed by atoms with E-state index in [9.17, 15) is 0 Å². The minimum atomic E-state index is 0.670. The van der Waals surface area contributed by atoms with Crippen LogP contribution in [-0.2, 0) is 0 Å². The summed E-state index contributed by atoms with van der Waals surface area (Å²) >= 11 is 0. The molecule has 0 saturated heterocycles. The number of aromatic nitrogens is 1. The molecule has 0 bridgehead atoms. The molecule has 5 rings (SSSR count). The highest BCUT2D eigenvalue weighted by Gasteiger charge is 2.07. The molecule has 49 heavy (non-hydrogen) atoms. The Morgan fingerprint density at radius 2 is 1.67 bits per heavy atom. The number of hydrogen-bond donors (Lipinski definition) is 1. The molecule has 4 nitrogen and oxygen atoms in total. The first-order valence-corrected chi connectivity index (χ1v) is 16.4. The summed E-state index contributed by atoms with van der Waals surface area (Å²) < 4.78 is 0. The van der Waals surface area contributed by atoms with Crippen molar-refractivity contribution in [2.24, 2.45) is 9.98 Å². The Hall–Kier alpha value is -6.13. The number of nitrogens with zero attached hydrogens (tertiary/aromatic N) is 3. The van der Waals surface area contributed by atoms with Gasteiger partial charge in [-0.3, -0.25) is 9.98 Å². The summed E-state index contributed by atoms with van der Waals surface area (Å²) in [4.78, 5) is 13.7. The molecule has 0 unspecified atom stereocenters. The highest BCUT2D eigenvalue weighted by molar-refractivity contribution is 6.08. The smallest absolute Gasteiger partial charge is 0.0944 e. The first-order valence-electron chi connectivity index (χ1n) is 16.4. The van der Waals surface area contributed by atoms with Gasteiger partial charge in [0.15, 0.2) is 0 Å². The van der Waals surface area contributed by atoms with E-state index in [0.717, 1.165) is 67.8 Å². The summed E-state index contributed by atoms with van der Waals surface area (Å²) in [6, 6.07) is 28.6. The molecule has 0 amide bonds. The normalized spacial score (nSPS) is 15.4. The van der Waals surface area contributed by atoms with Gasteiger partial charge in [-0.15, -0.1) is 0 Å². The number of aliphatic imine (C=N–C) groups is 2. The van der Waals surface area contributed by atoms with Crippen molar-refractivity contribution in [3.8, 4) is 11.3 Å². The second kappa shape index (κ2) is 17.1. The van der Waals surface area contributed by atoms with Crippen LogP contribution in [0.15, 0.2) is 196 Å². The lowest BCUT2D eigenvalue weighted by Gasteiger charge is -2.08. The monoisotopic (exact) mass is 638 g/mol. The summed E-state index contributed by atoms with van der Waals surface area (Å²) in [7, 11) is 1.82. The van der Waals surface area contributed by atoms with Gasteiger partial charge in [-0.2, -0.15) is 0 Å². The first kappa shape index (κ1) is 34.2. The van der Waals surface area contributed by atoms with E-state index in [0.29, 0.717) is 12.1 Å². The van der Waals surface area contributed by atoms with Crippen molar-refractivity contribution >= 4 is 35.1 Å². The van der Waals surface area contributed by atoms with Gasteiger partial charge in [0, 0.05) is 18.0 Å². The molecule has 0 spiro atoms. The Bertz CT molecular complexity index is 2100. The Morgan fingerprint density at radius 3 is 2.37 bits per heavy atom. The number of anilines is 1. The molecule has 242 valence electrons. The van der Waals surface area contributed by atoms with Gasteiger partial charge < -0.3 is 5.73 Å². The molecule has 0 atom stereocenters. The second-order valence-corrected chi connectivity index (χ2v) is 11.6. The minimum absolute atomic E-state index is 0.670. The highest BCUT2D eigenvalue weighted by atomic mass is 14.7. The number of benzene rings is 3. The topological polar surface area (TPSA) is 63.6 Å². The zero-order chi connectivity index (χ0) is 34.4. The summed E-state index contributed by atoms with van der Waals surface area (Å²) in [6.07, 6.45) is 26.4. The van der Waals surface area contributed by atoms with Crippen LogP contribution in [0.5, 0.6) is 0 Å². The van der Waals surface area contributed by atoms with Gasteiger partial charge in [-0.05, 0) is 78.1 Å². The molecular formula is C45H42N4. The van der Waals surface area contributed by atoms with Crippen molar-refractivity contribution in [2.75, 3.05) is 12.8 Å². The van der Waals surface area contributed by atoms with E-state index in [2.05, 4.69) is 121 Å². The third-order valence-corrected chi connectivity index (χ3v) is 8.23. The van der Waals surface area contributed by atoms with Gasteiger partial charge >= 0.3 is 0 Å². The van der Waals surface area contributed by atoms with Crippen LogP contribution in [0.3, 0.4) is 0 Å². The molecule has 1 aliphatic rings. The number of nitrogens with two attached hydrogens (primary N) is 1. The molecule has 0 aliphatic heterocycles. The average Bonchev–Trinajstić information content (AvgIpc) is 3.14. The van der Waals surface area contributed by atoms with Crippen LogP contribution in [0.25, 0.3) is 28.2 Å². The zero-order valence-electron chi connectivity index (χ0n) is 28.3. The van der Waals surface area contributed by atoms with Crippen LogP contribution in [0.4, 0.5) is 5.69 Å². The average molecular weight is 639 g/mol. The minimum Gasteiger partial charge on any atom is -0.396 e. The predicted molar refractivity (Wildman–Crippen MR) is 213 cm³/mol. The molecule has 0 radical (unpaired) electrons. The molecule has 3 aromatic carbocycles. The summed E-state index contributed by atoms with van der Waals surface area (Å²) in [5.41, 5.74) is 18.4. The van der Waals surface area contributed by atoms with Crippen LogP contribution in [0.1, 0.15) is 30.9 Å². The molecule has 4 aromatic rings. The van der Waals surface area contributed by atoms with Crippen molar-refractivity contribution < 1.29 is 0 Å². The number of rotatable bonds is 12. The Balaban J connectivity index is 1.25. The summed E-state index contributed by atoms with van der Waals surface area (Å²) in [6.45, 7) is 9.81.